The molecule has 154 valence electrons. The van der Waals surface area contributed by atoms with Crippen molar-refractivity contribution >= 4 is 51.2 Å². The molecule has 30 heavy (non-hydrogen) atoms. The molecule has 7 heteroatoms. The molecule has 2 aliphatic heterocycles. The van der Waals surface area contributed by atoms with E-state index in [4.69, 9.17) is 0 Å². The Morgan fingerprint density at radius 1 is 1.10 bits per heavy atom. The van der Waals surface area contributed by atoms with Crippen LogP contribution >= 0.6 is 15.9 Å². The number of urea groups is 1. The Hall–Kier alpha value is -2.93. The molecule has 0 aliphatic carbocycles. The molecule has 6 nitrogen and oxygen atoms in total. The van der Waals surface area contributed by atoms with Crippen LogP contribution in [0, 0.1) is 0 Å². The van der Waals surface area contributed by atoms with Crippen molar-refractivity contribution in [1.29, 1.82) is 0 Å². The molecule has 2 aromatic rings. The topological polar surface area (TPSA) is 69.7 Å². The number of carbonyl (C=O) groups is 3. The third-order valence-corrected chi connectivity index (χ3v) is 5.90. The van der Waals surface area contributed by atoms with Gasteiger partial charge in [-0.25, -0.2) is 9.69 Å². The summed E-state index contributed by atoms with van der Waals surface area (Å²) >= 11 is 3.33. The number of nitrogens with zero attached hydrogens (tertiary/aromatic N) is 2. The number of rotatable bonds is 5. The molecular weight excluding hydrogens is 446 g/mol. The summed E-state index contributed by atoms with van der Waals surface area (Å²) < 4.78 is 0.828. The van der Waals surface area contributed by atoms with Gasteiger partial charge in [0.2, 0.25) is 0 Å². The van der Waals surface area contributed by atoms with Gasteiger partial charge in [-0.3, -0.25) is 14.9 Å². The highest BCUT2D eigenvalue weighted by molar-refractivity contribution is 9.10. The van der Waals surface area contributed by atoms with Crippen LogP contribution in [0.3, 0.4) is 0 Å². The van der Waals surface area contributed by atoms with E-state index in [1.54, 1.807) is 30.3 Å². The molecule has 1 N–H and O–H groups in total. The third-order valence-electron chi connectivity index (χ3n) is 5.37. The van der Waals surface area contributed by atoms with Crippen LogP contribution in [0.25, 0.3) is 6.08 Å². The average molecular weight is 468 g/mol. The van der Waals surface area contributed by atoms with E-state index in [-0.39, 0.29) is 5.57 Å². The van der Waals surface area contributed by atoms with E-state index < -0.39 is 17.8 Å². The number of amides is 4. The quantitative estimate of drug-likeness (QED) is 0.526. The van der Waals surface area contributed by atoms with Gasteiger partial charge in [0.25, 0.3) is 11.8 Å². The largest absolute Gasteiger partial charge is 0.371 e. The van der Waals surface area contributed by atoms with Crippen LogP contribution in [0.5, 0.6) is 0 Å². The summed E-state index contributed by atoms with van der Waals surface area (Å²) in [5, 5.41) is 2.26. The molecule has 0 atom stereocenters. The van der Waals surface area contributed by atoms with Gasteiger partial charge in [-0.2, -0.15) is 0 Å². The number of imide groups is 2. The minimum atomic E-state index is -0.745. The Labute approximate surface area is 183 Å². The second kappa shape index (κ2) is 8.44. The number of nitrogens with one attached hydrogen (secondary N) is 1. The maximum Gasteiger partial charge on any atom is 0.335 e. The summed E-state index contributed by atoms with van der Waals surface area (Å²) in [6.07, 6.45) is 4.81. The lowest BCUT2D eigenvalue weighted by Gasteiger charge is -2.26. The predicted molar refractivity (Wildman–Crippen MR) is 120 cm³/mol. The first-order valence-corrected chi connectivity index (χ1v) is 10.8. The van der Waals surface area contributed by atoms with Crippen LogP contribution < -0.4 is 15.1 Å². The van der Waals surface area contributed by atoms with Crippen LogP contribution in [0.15, 0.2) is 52.5 Å². The van der Waals surface area contributed by atoms with Gasteiger partial charge in [0.1, 0.15) is 5.57 Å². The number of benzene rings is 2. The van der Waals surface area contributed by atoms with E-state index in [0.29, 0.717) is 5.69 Å². The second-order valence-electron chi connectivity index (χ2n) is 7.41. The number of halogens is 1. The Morgan fingerprint density at radius 2 is 1.87 bits per heavy atom. The Morgan fingerprint density at radius 3 is 2.60 bits per heavy atom. The monoisotopic (exact) mass is 467 g/mol. The van der Waals surface area contributed by atoms with E-state index in [2.05, 4.69) is 33.1 Å². The van der Waals surface area contributed by atoms with Crippen molar-refractivity contribution in [3.63, 3.8) is 0 Å². The number of fused-ring (bicyclic) bond motifs is 1. The Balaban J connectivity index is 1.62. The van der Waals surface area contributed by atoms with Gasteiger partial charge in [0.15, 0.2) is 0 Å². The summed E-state index contributed by atoms with van der Waals surface area (Å²) in [5.74, 6) is -1.31. The standard InChI is InChI=1S/C23H22BrN3O3/c1-2-3-11-26-12-10-16-13-15(4-9-20(16)26)14-19-21(28)25-23(30)27(22(19)29)18-7-5-17(24)6-8-18/h4-9,13-14H,2-3,10-12H2,1H3,(H,25,28,30)/b19-14+. The first kappa shape index (κ1) is 20.3. The Kier molecular flexibility index (Phi) is 5.72. The van der Waals surface area contributed by atoms with Crippen molar-refractivity contribution in [1.82, 2.24) is 5.32 Å². The summed E-state index contributed by atoms with van der Waals surface area (Å²) in [7, 11) is 0. The molecule has 0 unspecified atom stereocenters. The highest BCUT2D eigenvalue weighted by atomic mass is 79.9. The average Bonchev–Trinajstić information content (AvgIpc) is 3.13. The van der Waals surface area contributed by atoms with Crippen LogP contribution in [0.4, 0.5) is 16.2 Å². The molecule has 0 spiro atoms. The van der Waals surface area contributed by atoms with Crippen molar-refractivity contribution < 1.29 is 14.4 Å². The molecule has 2 aromatic carbocycles. The highest BCUT2D eigenvalue weighted by Gasteiger charge is 2.36. The number of unbranched alkanes of at least 4 members (excludes halogenated alkanes) is 1. The van der Waals surface area contributed by atoms with Crippen LogP contribution in [-0.2, 0) is 16.0 Å². The zero-order valence-electron chi connectivity index (χ0n) is 16.7. The summed E-state index contributed by atoms with van der Waals surface area (Å²) in [6.45, 7) is 4.20. The van der Waals surface area contributed by atoms with Gasteiger partial charge in [0, 0.05) is 23.2 Å². The Bertz CT molecular complexity index is 1050. The summed E-state index contributed by atoms with van der Waals surface area (Å²) in [4.78, 5) is 41.1. The summed E-state index contributed by atoms with van der Waals surface area (Å²) in [5.41, 5.74) is 3.55. The molecule has 2 heterocycles. The normalized spacial score (nSPS) is 17.5. The van der Waals surface area contributed by atoms with Gasteiger partial charge in [-0.1, -0.05) is 35.3 Å². The second-order valence-corrected chi connectivity index (χ2v) is 8.33. The smallest absolute Gasteiger partial charge is 0.335 e. The van der Waals surface area contributed by atoms with Gasteiger partial charge in [0.05, 0.1) is 5.69 Å². The molecule has 4 rings (SSSR count). The maximum atomic E-state index is 13.0. The fourth-order valence-corrected chi connectivity index (χ4v) is 4.07. The lowest BCUT2D eigenvalue weighted by atomic mass is 10.0. The number of hydrogen-bond acceptors (Lipinski definition) is 4. The molecule has 0 aromatic heterocycles. The predicted octanol–water partition coefficient (Wildman–Crippen LogP) is 4.28. The van der Waals surface area contributed by atoms with Crippen molar-refractivity contribution in [2.24, 2.45) is 0 Å². The third kappa shape index (κ3) is 3.89. The minimum absolute atomic E-state index is 0.0571. The number of carbonyl (C=O) groups excluding carboxylic acids is 3. The van der Waals surface area contributed by atoms with Gasteiger partial charge < -0.3 is 4.90 Å². The fourth-order valence-electron chi connectivity index (χ4n) is 3.81. The maximum absolute atomic E-state index is 13.0. The highest BCUT2D eigenvalue weighted by Crippen LogP contribution is 2.30. The van der Waals surface area contributed by atoms with E-state index >= 15 is 0 Å². The minimum Gasteiger partial charge on any atom is -0.371 e. The summed E-state index contributed by atoms with van der Waals surface area (Å²) in [6, 6.07) is 12.0. The van der Waals surface area contributed by atoms with E-state index in [0.717, 1.165) is 47.3 Å². The van der Waals surface area contributed by atoms with Crippen molar-refractivity contribution in [3.05, 3.63) is 63.6 Å². The van der Waals surface area contributed by atoms with E-state index in [1.807, 2.05) is 18.2 Å². The van der Waals surface area contributed by atoms with Crippen molar-refractivity contribution in [2.45, 2.75) is 26.2 Å². The molecule has 2 aliphatic rings. The van der Waals surface area contributed by atoms with Gasteiger partial charge in [-0.05, 0) is 66.4 Å². The van der Waals surface area contributed by atoms with Gasteiger partial charge >= 0.3 is 6.03 Å². The molecule has 1 saturated heterocycles. The molecule has 1 fully saturated rings. The molecule has 0 bridgehead atoms. The van der Waals surface area contributed by atoms with E-state index in [1.165, 1.54) is 11.3 Å². The molecule has 0 saturated carbocycles. The number of hydrogen-bond donors (Lipinski definition) is 1. The SMILES string of the molecule is CCCCN1CCc2cc(/C=C3\C(=O)NC(=O)N(c4ccc(Br)cc4)C3=O)ccc21. The van der Waals surface area contributed by atoms with Crippen LogP contribution in [0.2, 0.25) is 0 Å². The molecule has 0 radical (unpaired) electrons. The van der Waals surface area contributed by atoms with Crippen molar-refractivity contribution in [3.8, 4) is 0 Å². The first-order chi connectivity index (χ1) is 14.5. The number of barbiturate groups is 1. The fraction of sp³-hybridized carbons (Fsp3) is 0.261. The van der Waals surface area contributed by atoms with Crippen LogP contribution in [-0.4, -0.2) is 30.9 Å². The van der Waals surface area contributed by atoms with Crippen LogP contribution in [0.1, 0.15) is 30.9 Å². The lowest BCUT2D eigenvalue weighted by Crippen LogP contribution is -2.54. The first-order valence-electron chi connectivity index (χ1n) is 10.0. The lowest BCUT2D eigenvalue weighted by molar-refractivity contribution is -0.122. The van der Waals surface area contributed by atoms with Gasteiger partial charge in [-0.15, -0.1) is 0 Å². The van der Waals surface area contributed by atoms with E-state index in [9.17, 15) is 14.4 Å². The zero-order valence-corrected chi connectivity index (χ0v) is 18.2. The van der Waals surface area contributed by atoms with Crippen molar-refractivity contribution in [2.75, 3.05) is 22.9 Å². The number of anilines is 2. The molecule has 4 amide bonds. The zero-order chi connectivity index (χ0) is 21.3. The molecular formula is C23H22BrN3O3.